The second-order valence-electron chi connectivity index (χ2n) is 12.7. The molecule has 0 radical (unpaired) electrons. The second-order valence-corrected chi connectivity index (χ2v) is 12.7. The molecule has 0 aliphatic carbocycles. The van der Waals surface area contributed by atoms with Gasteiger partial charge in [-0.3, -0.25) is 4.79 Å². The van der Waals surface area contributed by atoms with Crippen molar-refractivity contribution >= 4 is 11.5 Å². The van der Waals surface area contributed by atoms with Crippen LogP contribution in [0.1, 0.15) is 136 Å². The van der Waals surface area contributed by atoms with E-state index in [1.54, 1.807) is 27.2 Å². The fourth-order valence-corrected chi connectivity index (χ4v) is 5.07. The van der Waals surface area contributed by atoms with Gasteiger partial charge in [0.05, 0.1) is 39.0 Å². The number of halogens is 1. The molecule has 1 aromatic rings. The summed E-state index contributed by atoms with van der Waals surface area (Å²) in [6, 6.07) is 3.89. The highest BCUT2D eigenvalue weighted by molar-refractivity contribution is 5.97. The molecule has 48 heavy (non-hydrogen) atoms. The van der Waals surface area contributed by atoms with Crippen LogP contribution < -0.4 is 4.74 Å². The summed E-state index contributed by atoms with van der Waals surface area (Å²) in [5, 5.41) is 17.0. The first-order valence-electron chi connectivity index (χ1n) is 17.4. The number of benzene rings is 1. The minimum Gasteiger partial charge on any atom is -0.496 e. The van der Waals surface area contributed by atoms with E-state index in [1.165, 1.54) is 0 Å². The topological polar surface area (TPSA) is 98.1 Å². The minimum absolute atomic E-state index is 0.00956. The van der Waals surface area contributed by atoms with Crippen molar-refractivity contribution in [2.75, 3.05) is 27.4 Å². The minimum atomic E-state index is -0.313. The quantitative estimate of drug-likeness (QED) is 0.0694. The number of rotatable bonds is 18. The zero-order valence-corrected chi connectivity index (χ0v) is 32.7. The first-order valence-corrected chi connectivity index (χ1v) is 17.4. The van der Waals surface area contributed by atoms with Gasteiger partial charge in [-0.1, -0.05) is 61.5 Å². The van der Waals surface area contributed by atoms with E-state index in [0.717, 1.165) is 41.7 Å². The van der Waals surface area contributed by atoms with Gasteiger partial charge in [0.2, 0.25) is 0 Å². The molecule has 276 valence electrons. The van der Waals surface area contributed by atoms with E-state index in [2.05, 4.69) is 27.4 Å². The molecule has 1 aromatic carbocycles. The maximum Gasteiger partial charge on any atom is 0.162 e. The molecule has 0 aliphatic heterocycles. The number of hydrogen-bond acceptors (Lipinski definition) is 7. The van der Waals surface area contributed by atoms with Gasteiger partial charge in [-0.15, -0.1) is 6.58 Å². The Balaban J connectivity index is 0. The molecule has 0 amide bonds. The Kier molecular flexibility index (Phi) is 24.6. The van der Waals surface area contributed by atoms with E-state index < -0.39 is 0 Å². The SMILES string of the molecule is C=CC/C(OCC)=C(\C/C(F)=C(/C(C)=N)C(C)CC)OCC.CCC(=O)c1cc(C)c(OC)c(C(C)(C)C)c1.CCC(O)[C@H](CC)OC. The molecule has 8 heteroatoms. The number of aliphatic hydroxyl groups excluding tert-OH is 1. The first kappa shape index (κ1) is 47.1. The fraction of sp³-hybridized carbons (Fsp3) is 0.650. The molecule has 0 saturated heterocycles. The normalized spacial score (nSPS) is 14.0. The van der Waals surface area contributed by atoms with E-state index in [1.807, 2.05) is 67.5 Å². The van der Waals surface area contributed by atoms with E-state index in [4.69, 9.17) is 24.4 Å². The molecule has 0 spiro atoms. The van der Waals surface area contributed by atoms with Crippen molar-refractivity contribution in [3.05, 3.63) is 64.4 Å². The van der Waals surface area contributed by atoms with Crippen LogP contribution in [-0.2, 0) is 19.6 Å². The summed E-state index contributed by atoms with van der Waals surface area (Å²) in [7, 11) is 3.31. The molecule has 0 aliphatic rings. The number of carbonyl (C=O) groups is 1. The van der Waals surface area contributed by atoms with Gasteiger partial charge in [0, 0.05) is 42.4 Å². The van der Waals surface area contributed by atoms with Gasteiger partial charge in [0.1, 0.15) is 23.1 Å². The molecular formula is C40H68FNO6. The number of nitrogens with one attached hydrogen (secondary N) is 1. The molecule has 2 N–H and O–H groups in total. The highest BCUT2D eigenvalue weighted by Gasteiger charge is 2.23. The second kappa shape index (κ2) is 25.1. The van der Waals surface area contributed by atoms with Crippen LogP contribution in [0, 0.1) is 18.3 Å². The van der Waals surface area contributed by atoms with Gasteiger partial charge < -0.3 is 29.5 Å². The molecular weight excluding hydrogens is 609 g/mol. The third-order valence-corrected chi connectivity index (χ3v) is 7.88. The van der Waals surface area contributed by atoms with Crippen molar-refractivity contribution in [2.45, 2.75) is 139 Å². The standard InChI is InChI=1S/C18H30FNO2.C15H22O2.C7H16O2/c1-7-11-16(21-9-3)17(22-10-4)12-15(19)18(14(6)20)13(5)8-2;1-7-13(16)11-8-10(2)14(17-6)12(9-11)15(3,4)5;1-4-6(8)7(5-2)9-3/h7,13,20H,1,8-12H2,2-6H3;8-9H,7H2,1-6H3;6-8H,4-5H2,1-3H3/b17-16-,18-15-,20-14?;;/t;;6?,7-/m..0/s1. The Morgan fingerprint density at radius 3 is 1.92 bits per heavy atom. The van der Waals surface area contributed by atoms with Crippen molar-refractivity contribution < 1.29 is 33.2 Å². The fourth-order valence-electron chi connectivity index (χ4n) is 5.07. The van der Waals surface area contributed by atoms with E-state index in [0.29, 0.717) is 43.1 Å². The highest BCUT2D eigenvalue weighted by atomic mass is 19.1. The summed E-state index contributed by atoms with van der Waals surface area (Å²) < 4.78 is 36.3. The first-order chi connectivity index (χ1) is 22.5. The molecule has 0 fully saturated rings. The molecule has 2 unspecified atom stereocenters. The smallest absolute Gasteiger partial charge is 0.162 e. The van der Waals surface area contributed by atoms with Crippen molar-refractivity contribution in [2.24, 2.45) is 5.92 Å². The lowest BCUT2D eigenvalue weighted by Crippen LogP contribution is -2.26. The van der Waals surface area contributed by atoms with Crippen molar-refractivity contribution in [3.8, 4) is 5.75 Å². The predicted octanol–water partition coefficient (Wildman–Crippen LogP) is 10.6. The maximum atomic E-state index is 14.7. The van der Waals surface area contributed by atoms with Gasteiger partial charge in [-0.05, 0) is 76.0 Å². The predicted molar refractivity (Wildman–Crippen MR) is 199 cm³/mol. The van der Waals surface area contributed by atoms with Crippen LogP contribution in [-0.4, -0.2) is 56.2 Å². The molecule has 0 saturated carbocycles. The summed E-state index contributed by atoms with van der Waals surface area (Å²) >= 11 is 0. The summed E-state index contributed by atoms with van der Waals surface area (Å²) in [4.78, 5) is 11.8. The Bertz CT molecular complexity index is 1180. The van der Waals surface area contributed by atoms with Crippen LogP contribution in [0.5, 0.6) is 5.75 Å². The van der Waals surface area contributed by atoms with Crippen LogP contribution in [0.3, 0.4) is 0 Å². The average molecular weight is 678 g/mol. The monoisotopic (exact) mass is 678 g/mol. The molecule has 0 aromatic heterocycles. The number of carbonyl (C=O) groups excluding carboxylic acids is 1. The zero-order chi connectivity index (χ0) is 37.6. The van der Waals surface area contributed by atoms with E-state index >= 15 is 0 Å². The number of hydrogen-bond donors (Lipinski definition) is 2. The van der Waals surface area contributed by atoms with Crippen LogP contribution in [0.2, 0.25) is 0 Å². The number of methoxy groups -OCH3 is 2. The van der Waals surface area contributed by atoms with Crippen LogP contribution in [0.4, 0.5) is 4.39 Å². The van der Waals surface area contributed by atoms with Gasteiger partial charge >= 0.3 is 0 Å². The molecule has 1 rings (SSSR count). The lowest BCUT2D eigenvalue weighted by atomic mass is 9.83. The van der Waals surface area contributed by atoms with Crippen molar-refractivity contribution in [1.82, 2.24) is 0 Å². The number of aliphatic hydroxyl groups is 1. The average Bonchev–Trinajstić information content (AvgIpc) is 3.04. The Labute approximate surface area is 292 Å². The third-order valence-electron chi connectivity index (χ3n) is 7.88. The number of Topliss-reactive ketones (excluding diaryl/α,β-unsaturated/α-hetero) is 1. The Morgan fingerprint density at radius 2 is 1.56 bits per heavy atom. The Hall–Kier alpha value is -2.97. The summed E-state index contributed by atoms with van der Waals surface area (Å²) in [6.45, 7) is 28.1. The molecule has 3 atom stereocenters. The summed E-state index contributed by atoms with van der Waals surface area (Å²) in [5.74, 6) is 1.87. The highest BCUT2D eigenvalue weighted by Crippen LogP contribution is 2.35. The molecule has 7 nitrogen and oxygen atoms in total. The van der Waals surface area contributed by atoms with Gasteiger partial charge in [0.25, 0.3) is 0 Å². The lowest BCUT2D eigenvalue weighted by molar-refractivity contribution is -0.0148. The van der Waals surface area contributed by atoms with Gasteiger partial charge in [-0.25, -0.2) is 4.39 Å². The van der Waals surface area contributed by atoms with Crippen molar-refractivity contribution in [3.63, 3.8) is 0 Å². The zero-order valence-electron chi connectivity index (χ0n) is 32.7. The van der Waals surface area contributed by atoms with Crippen LogP contribution in [0.15, 0.2) is 47.7 Å². The number of ketones is 1. The maximum absolute atomic E-state index is 14.7. The third kappa shape index (κ3) is 16.4. The summed E-state index contributed by atoms with van der Waals surface area (Å²) in [6.07, 6.45) is 4.94. The van der Waals surface area contributed by atoms with Crippen LogP contribution in [0.25, 0.3) is 0 Å². The Morgan fingerprint density at radius 1 is 1.00 bits per heavy atom. The van der Waals surface area contributed by atoms with Crippen molar-refractivity contribution in [1.29, 1.82) is 5.41 Å². The summed E-state index contributed by atoms with van der Waals surface area (Å²) in [5.41, 5.74) is 3.61. The lowest BCUT2D eigenvalue weighted by Gasteiger charge is -2.24. The largest absolute Gasteiger partial charge is 0.496 e. The van der Waals surface area contributed by atoms with Crippen LogP contribution >= 0.6 is 0 Å². The number of aryl methyl sites for hydroxylation is 1. The number of ether oxygens (including phenoxy) is 4. The van der Waals surface area contributed by atoms with E-state index in [-0.39, 0.29) is 47.3 Å². The van der Waals surface area contributed by atoms with Gasteiger partial charge in [0.15, 0.2) is 5.78 Å². The number of allylic oxidation sites excluding steroid dienone is 3. The molecule has 0 bridgehead atoms. The van der Waals surface area contributed by atoms with E-state index in [9.17, 15) is 14.3 Å². The van der Waals surface area contributed by atoms with Gasteiger partial charge in [-0.2, -0.15) is 0 Å². The molecule has 0 heterocycles.